The summed E-state index contributed by atoms with van der Waals surface area (Å²) in [7, 11) is 1.56. The standard InChI is InChI=1S/C19H22N2O3/c1-19(23,16-6-4-3-5-7-16)18(22)21-12-15-10-14(13-8-9-13)11-20-17(15)24-2/h3-7,10-11,13,23H,8-9,12H2,1-2H3,(H,21,22). The lowest BCUT2D eigenvalue weighted by molar-refractivity contribution is -0.139. The van der Waals surface area contributed by atoms with Crippen LogP contribution in [0.25, 0.3) is 0 Å². The van der Waals surface area contributed by atoms with E-state index in [2.05, 4.69) is 10.3 Å². The predicted molar refractivity (Wildman–Crippen MR) is 90.6 cm³/mol. The topological polar surface area (TPSA) is 71.5 Å². The normalized spacial score (nSPS) is 16.3. The molecular formula is C19H22N2O3. The number of methoxy groups -OCH3 is 1. The third-order valence-corrected chi connectivity index (χ3v) is 4.41. The third-order valence-electron chi connectivity index (χ3n) is 4.41. The second-order valence-corrected chi connectivity index (χ2v) is 6.33. The molecule has 1 aliphatic rings. The van der Waals surface area contributed by atoms with E-state index in [-0.39, 0.29) is 6.54 Å². The van der Waals surface area contributed by atoms with E-state index in [9.17, 15) is 9.90 Å². The molecule has 0 radical (unpaired) electrons. The lowest BCUT2D eigenvalue weighted by Gasteiger charge is -2.23. The Morgan fingerprint density at radius 3 is 2.71 bits per heavy atom. The number of carbonyl (C=O) groups excluding carboxylic acids is 1. The van der Waals surface area contributed by atoms with Gasteiger partial charge in [-0.15, -0.1) is 0 Å². The lowest BCUT2D eigenvalue weighted by Crippen LogP contribution is -2.41. The molecule has 1 heterocycles. The second kappa shape index (κ2) is 6.61. The van der Waals surface area contributed by atoms with Gasteiger partial charge in [0.1, 0.15) is 0 Å². The van der Waals surface area contributed by atoms with Crippen molar-refractivity contribution in [3.8, 4) is 5.88 Å². The monoisotopic (exact) mass is 326 g/mol. The first kappa shape index (κ1) is 16.5. The van der Waals surface area contributed by atoms with Crippen molar-refractivity contribution < 1.29 is 14.6 Å². The van der Waals surface area contributed by atoms with Crippen LogP contribution in [0.3, 0.4) is 0 Å². The molecule has 2 N–H and O–H groups in total. The fraction of sp³-hybridized carbons (Fsp3) is 0.368. The van der Waals surface area contributed by atoms with Crippen LogP contribution in [0.2, 0.25) is 0 Å². The van der Waals surface area contributed by atoms with Crippen LogP contribution in [0.5, 0.6) is 5.88 Å². The van der Waals surface area contributed by atoms with E-state index in [1.54, 1.807) is 31.4 Å². The van der Waals surface area contributed by atoms with E-state index >= 15 is 0 Å². The molecule has 0 aliphatic heterocycles. The second-order valence-electron chi connectivity index (χ2n) is 6.33. The Kier molecular flexibility index (Phi) is 4.53. The fourth-order valence-corrected chi connectivity index (χ4v) is 2.71. The highest BCUT2D eigenvalue weighted by atomic mass is 16.5. The van der Waals surface area contributed by atoms with Crippen LogP contribution in [0.15, 0.2) is 42.6 Å². The minimum Gasteiger partial charge on any atom is -0.481 e. The summed E-state index contributed by atoms with van der Waals surface area (Å²) in [4.78, 5) is 16.8. The van der Waals surface area contributed by atoms with Crippen LogP contribution >= 0.6 is 0 Å². The van der Waals surface area contributed by atoms with Gasteiger partial charge in [-0.2, -0.15) is 0 Å². The van der Waals surface area contributed by atoms with Gasteiger partial charge >= 0.3 is 0 Å². The van der Waals surface area contributed by atoms with E-state index in [4.69, 9.17) is 4.74 Å². The molecule has 1 atom stereocenters. The molecule has 1 aliphatic carbocycles. The van der Waals surface area contributed by atoms with Crippen molar-refractivity contribution in [1.82, 2.24) is 10.3 Å². The first-order chi connectivity index (χ1) is 11.5. The number of aliphatic hydroxyl groups is 1. The molecule has 2 aromatic rings. The molecule has 0 saturated heterocycles. The summed E-state index contributed by atoms with van der Waals surface area (Å²) in [6, 6.07) is 10.9. The zero-order chi connectivity index (χ0) is 17.2. The largest absolute Gasteiger partial charge is 0.481 e. The fourth-order valence-electron chi connectivity index (χ4n) is 2.71. The Bertz CT molecular complexity index is 725. The summed E-state index contributed by atoms with van der Waals surface area (Å²) < 4.78 is 5.28. The first-order valence-corrected chi connectivity index (χ1v) is 8.11. The number of benzene rings is 1. The number of carbonyl (C=O) groups is 1. The molecule has 1 fully saturated rings. The van der Waals surface area contributed by atoms with Gasteiger partial charge in [-0.1, -0.05) is 30.3 Å². The Balaban J connectivity index is 1.73. The summed E-state index contributed by atoms with van der Waals surface area (Å²) in [5.74, 6) is 0.622. The zero-order valence-corrected chi connectivity index (χ0v) is 14.0. The van der Waals surface area contributed by atoms with Crippen molar-refractivity contribution in [2.45, 2.75) is 37.8 Å². The number of ether oxygens (including phenoxy) is 1. The van der Waals surface area contributed by atoms with Crippen molar-refractivity contribution in [3.05, 3.63) is 59.3 Å². The van der Waals surface area contributed by atoms with Gasteiger partial charge in [-0.3, -0.25) is 4.79 Å². The maximum absolute atomic E-state index is 12.4. The Hall–Kier alpha value is -2.40. The average molecular weight is 326 g/mol. The molecule has 0 spiro atoms. The molecule has 24 heavy (non-hydrogen) atoms. The Morgan fingerprint density at radius 2 is 2.08 bits per heavy atom. The number of amides is 1. The maximum Gasteiger partial charge on any atom is 0.256 e. The third kappa shape index (κ3) is 3.41. The highest BCUT2D eigenvalue weighted by Crippen LogP contribution is 2.40. The van der Waals surface area contributed by atoms with Gasteiger partial charge in [0.2, 0.25) is 5.88 Å². The van der Waals surface area contributed by atoms with Gasteiger partial charge in [0.05, 0.1) is 7.11 Å². The van der Waals surface area contributed by atoms with E-state index in [1.165, 1.54) is 25.3 Å². The van der Waals surface area contributed by atoms with Gasteiger partial charge in [0, 0.05) is 18.3 Å². The van der Waals surface area contributed by atoms with Gasteiger partial charge in [-0.25, -0.2) is 4.98 Å². The number of aromatic nitrogens is 1. The average Bonchev–Trinajstić information content (AvgIpc) is 3.45. The maximum atomic E-state index is 12.4. The van der Waals surface area contributed by atoms with Crippen LogP contribution in [0, 0.1) is 0 Å². The van der Waals surface area contributed by atoms with Gasteiger partial charge in [0.25, 0.3) is 5.91 Å². The molecule has 1 saturated carbocycles. The van der Waals surface area contributed by atoms with E-state index in [0.29, 0.717) is 17.4 Å². The number of nitrogens with zero attached hydrogens (tertiary/aromatic N) is 1. The molecular weight excluding hydrogens is 304 g/mol. The number of hydrogen-bond acceptors (Lipinski definition) is 4. The highest BCUT2D eigenvalue weighted by Gasteiger charge is 2.32. The number of nitrogens with one attached hydrogen (secondary N) is 1. The SMILES string of the molecule is COc1ncc(C2CC2)cc1CNC(=O)C(C)(O)c1ccccc1. The molecule has 5 heteroatoms. The zero-order valence-electron chi connectivity index (χ0n) is 14.0. The van der Waals surface area contributed by atoms with Crippen molar-refractivity contribution >= 4 is 5.91 Å². The van der Waals surface area contributed by atoms with Crippen LogP contribution in [-0.4, -0.2) is 23.1 Å². The first-order valence-electron chi connectivity index (χ1n) is 8.11. The smallest absolute Gasteiger partial charge is 0.256 e. The van der Waals surface area contributed by atoms with Gasteiger partial charge in [0.15, 0.2) is 5.60 Å². The number of rotatable bonds is 6. The minimum absolute atomic E-state index is 0.262. The molecule has 0 bridgehead atoms. The number of pyridine rings is 1. The van der Waals surface area contributed by atoms with Crippen molar-refractivity contribution in [1.29, 1.82) is 0 Å². The van der Waals surface area contributed by atoms with Crippen LogP contribution in [0.1, 0.15) is 42.4 Å². The van der Waals surface area contributed by atoms with Crippen molar-refractivity contribution in [3.63, 3.8) is 0 Å². The Labute approximate surface area is 141 Å². The summed E-state index contributed by atoms with van der Waals surface area (Å²) in [6.07, 6.45) is 4.20. The summed E-state index contributed by atoms with van der Waals surface area (Å²) in [5.41, 5.74) is 0.962. The molecule has 1 unspecified atom stereocenters. The van der Waals surface area contributed by atoms with E-state index in [0.717, 1.165) is 5.56 Å². The van der Waals surface area contributed by atoms with Crippen molar-refractivity contribution in [2.24, 2.45) is 0 Å². The van der Waals surface area contributed by atoms with Gasteiger partial charge in [-0.05, 0) is 42.9 Å². The lowest BCUT2D eigenvalue weighted by atomic mass is 9.95. The van der Waals surface area contributed by atoms with E-state index in [1.807, 2.05) is 18.3 Å². The quantitative estimate of drug-likeness (QED) is 0.855. The summed E-state index contributed by atoms with van der Waals surface area (Å²) in [5, 5.41) is 13.3. The molecule has 1 amide bonds. The van der Waals surface area contributed by atoms with Gasteiger partial charge < -0.3 is 15.2 Å². The molecule has 1 aromatic heterocycles. The van der Waals surface area contributed by atoms with Crippen LogP contribution in [0.4, 0.5) is 0 Å². The molecule has 3 rings (SSSR count). The molecule has 126 valence electrons. The molecule has 1 aromatic carbocycles. The van der Waals surface area contributed by atoms with E-state index < -0.39 is 11.5 Å². The summed E-state index contributed by atoms with van der Waals surface area (Å²) >= 11 is 0. The number of hydrogen-bond donors (Lipinski definition) is 2. The molecule has 5 nitrogen and oxygen atoms in total. The summed E-state index contributed by atoms with van der Waals surface area (Å²) in [6.45, 7) is 1.76. The predicted octanol–water partition coefficient (Wildman–Crippen LogP) is 2.49. The Morgan fingerprint density at radius 1 is 1.38 bits per heavy atom. The minimum atomic E-state index is -1.59. The highest BCUT2D eigenvalue weighted by molar-refractivity contribution is 5.85. The van der Waals surface area contributed by atoms with Crippen LogP contribution in [-0.2, 0) is 16.9 Å². The van der Waals surface area contributed by atoms with Crippen LogP contribution < -0.4 is 10.1 Å². The van der Waals surface area contributed by atoms with Crippen molar-refractivity contribution in [2.75, 3.05) is 7.11 Å².